The van der Waals surface area contributed by atoms with Gasteiger partial charge in [0.25, 0.3) is 5.91 Å². The maximum absolute atomic E-state index is 12.4. The molecule has 2 atom stereocenters. The summed E-state index contributed by atoms with van der Waals surface area (Å²) in [6.07, 6.45) is 0.887. The van der Waals surface area contributed by atoms with E-state index >= 15 is 0 Å². The molecule has 1 fully saturated rings. The molecular formula is C14H18F2N2O2. The zero-order valence-corrected chi connectivity index (χ0v) is 11.3. The van der Waals surface area contributed by atoms with Crippen molar-refractivity contribution >= 4 is 5.91 Å². The van der Waals surface area contributed by atoms with Gasteiger partial charge < -0.3 is 15.4 Å². The standard InChI is InChI=1S/C14H18F2N2O2/c1-9-5-11(17)8-18(7-9)13(19)10-3-2-4-12(6-10)20-14(15)16/h2-4,6,9,11,14H,5,7-8,17H2,1H3. The summed E-state index contributed by atoms with van der Waals surface area (Å²) >= 11 is 0. The number of amides is 1. The summed E-state index contributed by atoms with van der Waals surface area (Å²) in [6, 6.07) is 5.81. The molecule has 2 rings (SSSR count). The summed E-state index contributed by atoms with van der Waals surface area (Å²) in [4.78, 5) is 14.0. The van der Waals surface area contributed by atoms with Gasteiger partial charge in [-0.05, 0) is 30.5 Å². The minimum atomic E-state index is -2.90. The average molecular weight is 284 g/mol. The van der Waals surface area contributed by atoms with Crippen LogP contribution in [0.1, 0.15) is 23.7 Å². The molecule has 0 saturated carbocycles. The zero-order valence-electron chi connectivity index (χ0n) is 11.3. The molecule has 1 aliphatic rings. The van der Waals surface area contributed by atoms with E-state index in [0.29, 0.717) is 24.6 Å². The van der Waals surface area contributed by atoms with Crippen LogP contribution in [0.4, 0.5) is 8.78 Å². The third kappa shape index (κ3) is 3.66. The summed E-state index contributed by atoms with van der Waals surface area (Å²) < 4.78 is 28.7. The first kappa shape index (κ1) is 14.7. The van der Waals surface area contributed by atoms with Crippen LogP contribution in [0.15, 0.2) is 24.3 Å². The topological polar surface area (TPSA) is 55.6 Å². The second-order valence-electron chi connectivity index (χ2n) is 5.22. The Bertz CT molecular complexity index is 472. The number of alkyl halides is 2. The molecule has 6 heteroatoms. The highest BCUT2D eigenvalue weighted by Gasteiger charge is 2.26. The van der Waals surface area contributed by atoms with Crippen molar-refractivity contribution in [3.8, 4) is 5.75 Å². The van der Waals surface area contributed by atoms with Gasteiger partial charge in [-0.25, -0.2) is 0 Å². The molecule has 0 bridgehead atoms. The van der Waals surface area contributed by atoms with Gasteiger partial charge in [0.1, 0.15) is 5.75 Å². The number of hydrogen-bond donors (Lipinski definition) is 1. The minimum absolute atomic E-state index is 0.0137. The lowest BCUT2D eigenvalue weighted by molar-refractivity contribution is -0.0499. The normalized spacial score (nSPS) is 22.9. The number of hydrogen-bond acceptors (Lipinski definition) is 3. The largest absolute Gasteiger partial charge is 0.435 e. The van der Waals surface area contributed by atoms with Gasteiger partial charge in [0.15, 0.2) is 0 Å². The number of rotatable bonds is 3. The smallest absolute Gasteiger partial charge is 0.387 e. The predicted octanol–water partition coefficient (Wildman–Crippen LogP) is 2.10. The van der Waals surface area contributed by atoms with Gasteiger partial charge in [-0.3, -0.25) is 4.79 Å². The molecule has 1 saturated heterocycles. The lowest BCUT2D eigenvalue weighted by atomic mass is 9.96. The van der Waals surface area contributed by atoms with Crippen molar-refractivity contribution in [3.63, 3.8) is 0 Å². The summed E-state index contributed by atoms with van der Waals surface area (Å²) in [7, 11) is 0. The number of carbonyl (C=O) groups excluding carboxylic acids is 1. The molecule has 1 heterocycles. The summed E-state index contributed by atoms with van der Waals surface area (Å²) in [6.45, 7) is 0.259. The molecule has 20 heavy (non-hydrogen) atoms. The minimum Gasteiger partial charge on any atom is -0.435 e. The van der Waals surface area contributed by atoms with Gasteiger partial charge in [-0.15, -0.1) is 0 Å². The van der Waals surface area contributed by atoms with E-state index in [0.717, 1.165) is 6.42 Å². The van der Waals surface area contributed by atoms with Crippen LogP contribution in [0.25, 0.3) is 0 Å². The first-order chi connectivity index (χ1) is 9.45. The summed E-state index contributed by atoms with van der Waals surface area (Å²) in [5.41, 5.74) is 6.25. The van der Waals surface area contributed by atoms with Crippen LogP contribution >= 0.6 is 0 Å². The van der Waals surface area contributed by atoms with E-state index in [1.807, 2.05) is 6.92 Å². The van der Waals surface area contributed by atoms with Crippen LogP contribution in [-0.4, -0.2) is 36.5 Å². The molecule has 0 aliphatic carbocycles. The molecule has 0 aromatic heterocycles. The molecular weight excluding hydrogens is 266 g/mol. The SMILES string of the molecule is CC1CC(N)CN(C(=O)c2cccc(OC(F)F)c2)C1. The number of carbonyl (C=O) groups is 1. The number of nitrogens with zero attached hydrogens (tertiary/aromatic N) is 1. The second-order valence-corrected chi connectivity index (χ2v) is 5.22. The fourth-order valence-electron chi connectivity index (χ4n) is 2.55. The van der Waals surface area contributed by atoms with Gasteiger partial charge in [0.2, 0.25) is 0 Å². The Kier molecular flexibility index (Phi) is 4.54. The Hall–Kier alpha value is -1.69. The van der Waals surface area contributed by atoms with Crippen LogP contribution < -0.4 is 10.5 Å². The first-order valence-electron chi connectivity index (χ1n) is 6.55. The highest BCUT2D eigenvalue weighted by Crippen LogP contribution is 2.20. The first-order valence-corrected chi connectivity index (χ1v) is 6.55. The van der Waals surface area contributed by atoms with E-state index in [1.54, 1.807) is 11.0 Å². The number of ether oxygens (including phenoxy) is 1. The van der Waals surface area contributed by atoms with Crippen molar-refractivity contribution in [2.45, 2.75) is 26.0 Å². The molecule has 0 spiro atoms. The summed E-state index contributed by atoms with van der Waals surface area (Å²) in [5.74, 6) is 0.120. The highest BCUT2D eigenvalue weighted by atomic mass is 19.3. The molecule has 1 aromatic rings. The predicted molar refractivity (Wildman–Crippen MR) is 70.7 cm³/mol. The van der Waals surface area contributed by atoms with Crippen LogP contribution in [0.2, 0.25) is 0 Å². The Morgan fingerprint density at radius 1 is 1.45 bits per heavy atom. The Labute approximate surface area is 116 Å². The van der Waals surface area contributed by atoms with E-state index in [2.05, 4.69) is 4.74 Å². The number of halogens is 2. The van der Waals surface area contributed by atoms with Crippen molar-refractivity contribution in [2.75, 3.05) is 13.1 Å². The fraction of sp³-hybridized carbons (Fsp3) is 0.500. The molecule has 0 radical (unpaired) electrons. The molecule has 110 valence electrons. The number of benzene rings is 1. The van der Waals surface area contributed by atoms with Crippen LogP contribution in [0.3, 0.4) is 0 Å². The van der Waals surface area contributed by atoms with Crippen molar-refractivity contribution in [2.24, 2.45) is 11.7 Å². The molecule has 1 aliphatic heterocycles. The number of piperidine rings is 1. The zero-order chi connectivity index (χ0) is 14.7. The van der Waals surface area contributed by atoms with E-state index in [-0.39, 0.29) is 17.7 Å². The van der Waals surface area contributed by atoms with Crippen molar-refractivity contribution in [1.82, 2.24) is 4.90 Å². The van der Waals surface area contributed by atoms with Crippen LogP contribution in [-0.2, 0) is 0 Å². The highest BCUT2D eigenvalue weighted by molar-refractivity contribution is 5.94. The van der Waals surface area contributed by atoms with Crippen molar-refractivity contribution in [1.29, 1.82) is 0 Å². The fourth-order valence-corrected chi connectivity index (χ4v) is 2.55. The Morgan fingerprint density at radius 2 is 2.20 bits per heavy atom. The molecule has 1 amide bonds. The Balaban J connectivity index is 2.12. The lowest BCUT2D eigenvalue weighted by Crippen LogP contribution is -2.48. The van der Waals surface area contributed by atoms with Gasteiger partial charge in [0, 0.05) is 24.7 Å². The van der Waals surface area contributed by atoms with Gasteiger partial charge in [-0.2, -0.15) is 8.78 Å². The maximum Gasteiger partial charge on any atom is 0.387 e. The Morgan fingerprint density at radius 3 is 2.85 bits per heavy atom. The molecule has 1 aromatic carbocycles. The number of nitrogens with two attached hydrogens (primary N) is 1. The lowest BCUT2D eigenvalue weighted by Gasteiger charge is -2.34. The van der Waals surface area contributed by atoms with Gasteiger partial charge in [-0.1, -0.05) is 13.0 Å². The third-order valence-corrected chi connectivity index (χ3v) is 3.29. The average Bonchev–Trinajstić information content (AvgIpc) is 2.36. The second kappa shape index (κ2) is 6.17. The molecule has 2 N–H and O–H groups in total. The van der Waals surface area contributed by atoms with Crippen LogP contribution in [0.5, 0.6) is 5.75 Å². The monoisotopic (exact) mass is 284 g/mol. The quantitative estimate of drug-likeness (QED) is 0.924. The van der Waals surface area contributed by atoms with E-state index in [4.69, 9.17) is 5.73 Å². The van der Waals surface area contributed by atoms with Crippen molar-refractivity contribution in [3.05, 3.63) is 29.8 Å². The van der Waals surface area contributed by atoms with E-state index in [9.17, 15) is 13.6 Å². The molecule has 2 unspecified atom stereocenters. The van der Waals surface area contributed by atoms with Crippen LogP contribution in [0, 0.1) is 5.92 Å². The van der Waals surface area contributed by atoms with Gasteiger partial charge >= 0.3 is 6.61 Å². The van der Waals surface area contributed by atoms with E-state index in [1.165, 1.54) is 18.2 Å². The maximum atomic E-state index is 12.4. The van der Waals surface area contributed by atoms with Crippen molar-refractivity contribution < 1.29 is 18.3 Å². The van der Waals surface area contributed by atoms with E-state index < -0.39 is 6.61 Å². The number of likely N-dealkylation sites (tertiary alicyclic amines) is 1. The third-order valence-electron chi connectivity index (χ3n) is 3.29. The molecule has 4 nitrogen and oxygen atoms in total. The summed E-state index contributed by atoms with van der Waals surface area (Å²) in [5, 5.41) is 0. The van der Waals surface area contributed by atoms with Gasteiger partial charge in [0.05, 0.1) is 0 Å².